The minimum Gasteiger partial charge on any atom is -0.496 e. The Kier molecular flexibility index (Phi) is 7.26. The van der Waals surface area contributed by atoms with E-state index >= 15 is 0 Å². The van der Waals surface area contributed by atoms with Crippen molar-refractivity contribution in [3.63, 3.8) is 0 Å². The van der Waals surface area contributed by atoms with Crippen molar-refractivity contribution >= 4 is 17.6 Å². The summed E-state index contributed by atoms with van der Waals surface area (Å²) in [6.45, 7) is 3.87. The second-order valence-corrected chi connectivity index (χ2v) is 8.35. The van der Waals surface area contributed by atoms with Crippen LogP contribution in [-0.4, -0.2) is 34.1 Å². The van der Waals surface area contributed by atoms with Crippen LogP contribution in [0.2, 0.25) is 0 Å². The van der Waals surface area contributed by atoms with Gasteiger partial charge in [-0.3, -0.25) is 4.79 Å². The summed E-state index contributed by atoms with van der Waals surface area (Å²) in [5, 5.41) is 11.8. The van der Waals surface area contributed by atoms with Gasteiger partial charge in [0.15, 0.2) is 5.69 Å². The lowest BCUT2D eigenvalue weighted by molar-refractivity contribution is 0.0689. The molecule has 0 atom stereocenters. The SMILES string of the molecule is COc1cc(-c2cccc(-c3cccc(NC(=O)c4cnc(C(=O)O)cn4)c3C)c2C)cc(F)c1CN. The predicted molar refractivity (Wildman–Crippen MR) is 138 cm³/mol. The molecule has 0 spiro atoms. The van der Waals surface area contributed by atoms with Crippen molar-refractivity contribution in [2.24, 2.45) is 5.73 Å². The molecule has 188 valence electrons. The van der Waals surface area contributed by atoms with Gasteiger partial charge < -0.3 is 20.9 Å². The van der Waals surface area contributed by atoms with Crippen LogP contribution in [-0.2, 0) is 6.54 Å². The summed E-state index contributed by atoms with van der Waals surface area (Å²) in [7, 11) is 1.48. The number of anilines is 1. The molecule has 9 heteroatoms. The van der Waals surface area contributed by atoms with Gasteiger partial charge in [0.25, 0.3) is 5.91 Å². The van der Waals surface area contributed by atoms with Crippen molar-refractivity contribution in [1.29, 1.82) is 0 Å². The number of hydrogen-bond donors (Lipinski definition) is 3. The summed E-state index contributed by atoms with van der Waals surface area (Å²) >= 11 is 0. The quantitative estimate of drug-likeness (QED) is 0.326. The maximum atomic E-state index is 14.7. The number of halogens is 1. The highest BCUT2D eigenvalue weighted by atomic mass is 19.1. The number of methoxy groups -OCH3 is 1. The molecule has 0 aliphatic rings. The third kappa shape index (κ3) is 5.03. The fourth-order valence-electron chi connectivity index (χ4n) is 4.19. The van der Waals surface area contributed by atoms with Crippen LogP contribution >= 0.6 is 0 Å². The minimum atomic E-state index is -1.22. The van der Waals surface area contributed by atoms with Gasteiger partial charge in [0.05, 0.1) is 19.5 Å². The lowest BCUT2D eigenvalue weighted by Crippen LogP contribution is -2.16. The van der Waals surface area contributed by atoms with Gasteiger partial charge in [-0.25, -0.2) is 19.2 Å². The van der Waals surface area contributed by atoms with Crippen LogP contribution in [0.15, 0.2) is 60.9 Å². The molecule has 0 saturated carbocycles. The Labute approximate surface area is 213 Å². The molecule has 1 heterocycles. The lowest BCUT2D eigenvalue weighted by atomic mass is 9.90. The van der Waals surface area contributed by atoms with Gasteiger partial charge in [0.2, 0.25) is 0 Å². The van der Waals surface area contributed by atoms with Crippen LogP contribution in [0.5, 0.6) is 5.75 Å². The number of nitrogens with one attached hydrogen (secondary N) is 1. The molecule has 0 fully saturated rings. The monoisotopic (exact) mass is 500 g/mol. The van der Waals surface area contributed by atoms with Crippen LogP contribution < -0.4 is 15.8 Å². The van der Waals surface area contributed by atoms with Gasteiger partial charge in [0.1, 0.15) is 17.3 Å². The van der Waals surface area contributed by atoms with E-state index in [0.29, 0.717) is 22.6 Å². The molecule has 4 aromatic rings. The molecule has 4 rings (SSSR count). The maximum Gasteiger partial charge on any atom is 0.356 e. The normalized spacial score (nSPS) is 10.7. The zero-order valence-electron chi connectivity index (χ0n) is 20.5. The predicted octanol–water partition coefficient (Wildman–Crippen LogP) is 4.98. The molecular weight excluding hydrogens is 475 g/mol. The Morgan fingerprint density at radius 2 is 1.59 bits per heavy atom. The number of aromatic carboxylic acids is 1. The lowest BCUT2D eigenvalue weighted by Gasteiger charge is -2.17. The van der Waals surface area contributed by atoms with Crippen molar-refractivity contribution in [3.8, 4) is 28.0 Å². The van der Waals surface area contributed by atoms with Crippen molar-refractivity contribution in [2.75, 3.05) is 12.4 Å². The van der Waals surface area contributed by atoms with Gasteiger partial charge in [0, 0.05) is 17.8 Å². The first-order valence-corrected chi connectivity index (χ1v) is 11.4. The number of carboxylic acid groups (broad SMARTS) is 1. The fraction of sp³-hybridized carbons (Fsp3) is 0.143. The molecule has 0 saturated heterocycles. The first-order chi connectivity index (χ1) is 17.7. The Balaban J connectivity index is 1.70. The summed E-state index contributed by atoms with van der Waals surface area (Å²) in [5.41, 5.74) is 11.3. The van der Waals surface area contributed by atoms with Crippen molar-refractivity contribution in [1.82, 2.24) is 9.97 Å². The smallest absolute Gasteiger partial charge is 0.356 e. The molecule has 1 amide bonds. The van der Waals surface area contributed by atoms with Crippen LogP contribution in [0.4, 0.5) is 10.1 Å². The van der Waals surface area contributed by atoms with Gasteiger partial charge in [-0.2, -0.15) is 0 Å². The zero-order chi connectivity index (χ0) is 26.7. The Bertz CT molecular complexity index is 1500. The summed E-state index contributed by atoms with van der Waals surface area (Å²) in [5.74, 6) is -1.78. The number of nitrogens with zero attached hydrogens (tertiary/aromatic N) is 2. The van der Waals surface area contributed by atoms with E-state index in [1.54, 1.807) is 12.1 Å². The number of rotatable bonds is 7. The maximum absolute atomic E-state index is 14.7. The average molecular weight is 501 g/mol. The Hall–Kier alpha value is -4.63. The van der Waals surface area contributed by atoms with Crippen LogP contribution in [0.3, 0.4) is 0 Å². The van der Waals surface area contributed by atoms with E-state index in [9.17, 15) is 14.0 Å². The number of amides is 1. The fourth-order valence-corrected chi connectivity index (χ4v) is 4.19. The van der Waals surface area contributed by atoms with Gasteiger partial charge >= 0.3 is 5.97 Å². The minimum absolute atomic E-state index is 0.00937. The first-order valence-electron chi connectivity index (χ1n) is 11.4. The average Bonchev–Trinajstić information content (AvgIpc) is 2.89. The van der Waals surface area contributed by atoms with Gasteiger partial charge in [-0.1, -0.05) is 30.3 Å². The summed E-state index contributed by atoms with van der Waals surface area (Å²) in [4.78, 5) is 31.3. The largest absolute Gasteiger partial charge is 0.496 e. The van der Waals surface area contributed by atoms with E-state index in [-0.39, 0.29) is 17.9 Å². The summed E-state index contributed by atoms with van der Waals surface area (Å²) in [6, 6.07) is 14.5. The molecule has 3 aromatic carbocycles. The topological polar surface area (TPSA) is 127 Å². The second kappa shape index (κ2) is 10.5. The third-order valence-corrected chi connectivity index (χ3v) is 6.20. The molecule has 37 heavy (non-hydrogen) atoms. The molecule has 4 N–H and O–H groups in total. The van der Waals surface area contributed by atoms with E-state index in [1.807, 2.05) is 44.2 Å². The molecule has 0 bridgehead atoms. The first kappa shape index (κ1) is 25.5. The molecule has 0 unspecified atom stereocenters. The van der Waals surface area contributed by atoms with E-state index in [2.05, 4.69) is 15.3 Å². The number of carbonyl (C=O) groups is 2. The van der Waals surface area contributed by atoms with Crippen LogP contribution in [0.1, 0.15) is 37.7 Å². The highest BCUT2D eigenvalue weighted by Crippen LogP contribution is 2.37. The van der Waals surface area contributed by atoms with Crippen molar-refractivity contribution < 1.29 is 23.8 Å². The molecule has 0 aliphatic heterocycles. The van der Waals surface area contributed by atoms with Crippen molar-refractivity contribution in [3.05, 3.63) is 94.8 Å². The van der Waals surface area contributed by atoms with Crippen LogP contribution in [0, 0.1) is 19.7 Å². The molecule has 0 aliphatic carbocycles. The van der Waals surface area contributed by atoms with Crippen molar-refractivity contribution in [2.45, 2.75) is 20.4 Å². The summed E-state index contributed by atoms with van der Waals surface area (Å²) in [6.07, 6.45) is 2.15. The molecule has 0 radical (unpaired) electrons. The summed E-state index contributed by atoms with van der Waals surface area (Å²) < 4.78 is 20.1. The highest BCUT2D eigenvalue weighted by molar-refractivity contribution is 6.04. The number of nitrogens with two attached hydrogens (primary N) is 1. The van der Waals surface area contributed by atoms with E-state index in [1.165, 1.54) is 13.2 Å². The molecular formula is C28H25FN4O4. The molecule has 1 aromatic heterocycles. The number of hydrogen-bond acceptors (Lipinski definition) is 6. The van der Waals surface area contributed by atoms with Gasteiger partial charge in [-0.15, -0.1) is 0 Å². The highest BCUT2D eigenvalue weighted by Gasteiger charge is 2.17. The standard InChI is InChI=1S/C28H25FN4O4/c1-15-18(17-10-22(29)21(12-30)26(11-17)37-3)6-4-7-19(15)20-8-5-9-23(16(20)2)33-27(34)24-13-32-25(14-31-24)28(35)36/h4-11,13-14H,12,30H2,1-3H3,(H,33,34)(H,35,36). The Morgan fingerprint density at radius 1 is 0.973 bits per heavy atom. The Morgan fingerprint density at radius 3 is 2.22 bits per heavy atom. The zero-order valence-corrected chi connectivity index (χ0v) is 20.5. The third-order valence-electron chi connectivity index (χ3n) is 6.20. The number of carboxylic acids is 1. The van der Waals surface area contributed by atoms with E-state index < -0.39 is 17.7 Å². The molecule has 8 nitrogen and oxygen atoms in total. The van der Waals surface area contributed by atoms with Crippen LogP contribution in [0.25, 0.3) is 22.3 Å². The van der Waals surface area contributed by atoms with Gasteiger partial charge in [-0.05, 0) is 65.4 Å². The number of ether oxygens (including phenoxy) is 1. The van der Waals surface area contributed by atoms with E-state index in [0.717, 1.165) is 40.2 Å². The number of aromatic nitrogens is 2. The second-order valence-electron chi connectivity index (χ2n) is 8.35. The number of carbonyl (C=O) groups excluding carboxylic acids is 1. The van der Waals surface area contributed by atoms with E-state index in [4.69, 9.17) is 15.6 Å². The number of benzene rings is 3.